The van der Waals surface area contributed by atoms with E-state index in [4.69, 9.17) is 4.42 Å². The van der Waals surface area contributed by atoms with Gasteiger partial charge in [-0.2, -0.15) is 5.10 Å². The Bertz CT molecular complexity index is 865. The smallest absolute Gasteiger partial charge is 0.408 e. The molecule has 1 fully saturated rings. The van der Waals surface area contributed by atoms with Crippen LogP contribution in [0.5, 0.6) is 0 Å². The van der Waals surface area contributed by atoms with Gasteiger partial charge in [-0.15, -0.1) is 0 Å². The number of para-hydroxylation sites is 2. The molecule has 6 heteroatoms. The number of likely N-dealkylation sites (tertiary alicyclic amines) is 1. The van der Waals surface area contributed by atoms with Crippen LogP contribution in [-0.4, -0.2) is 38.4 Å². The highest BCUT2D eigenvalue weighted by Crippen LogP contribution is 2.19. The van der Waals surface area contributed by atoms with E-state index >= 15 is 0 Å². The van der Waals surface area contributed by atoms with Gasteiger partial charge in [0, 0.05) is 31.5 Å². The summed E-state index contributed by atoms with van der Waals surface area (Å²) in [5.74, 6) is -0.257. The molecule has 1 aliphatic rings. The van der Waals surface area contributed by atoms with Gasteiger partial charge in [0.1, 0.15) is 0 Å². The van der Waals surface area contributed by atoms with E-state index in [1.165, 1.54) is 19.3 Å². The van der Waals surface area contributed by atoms with Crippen LogP contribution in [0.3, 0.4) is 0 Å². The second-order valence-corrected chi connectivity index (χ2v) is 6.75. The van der Waals surface area contributed by atoms with E-state index < -0.39 is 0 Å². The molecule has 1 aromatic carbocycles. The van der Waals surface area contributed by atoms with Crippen molar-refractivity contribution in [1.29, 1.82) is 0 Å². The second-order valence-electron chi connectivity index (χ2n) is 6.75. The van der Waals surface area contributed by atoms with E-state index in [0.717, 1.165) is 31.6 Å². The highest BCUT2D eigenvalue weighted by Gasteiger charge is 2.22. The maximum Gasteiger partial charge on any atom is 0.419 e. The van der Waals surface area contributed by atoms with Gasteiger partial charge in [0.15, 0.2) is 5.58 Å². The third-order valence-corrected chi connectivity index (χ3v) is 5.11. The molecule has 1 atom stereocenters. The van der Waals surface area contributed by atoms with Gasteiger partial charge in [-0.05, 0) is 44.0 Å². The fourth-order valence-corrected chi connectivity index (χ4v) is 3.84. The Morgan fingerprint density at radius 2 is 2.08 bits per heavy atom. The van der Waals surface area contributed by atoms with Crippen molar-refractivity contribution in [2.45, 2.75) is 44.8 Å². The first kappa shape index (κ1) is 16.1. The molecule has 2 aromatic heterocycles. The number of piperidine rings is 1. The van der Waals surface area contributed by atoms with E-state index in [2.05, 4.69) is 10.00 Å². The molecule has 0 N–H and O–H groups in total. The number of fused-ring (bicyclic) bond motifs is 1. The van der Waals surface area contributed by atoms with Gasteiger partial charge in [0.05, 0.1) is 12.1 Å². The summed E-state index contributed by atoms with van der Waals surface area (Å²) < 4.78 is 9.09. The second kappa shape index (κ2) is 7.27. The molecule has 25 heavy (non-hydrogen) atoms. The van der Waals surface area contributed by atoms with Crippen LogP contribution in [0, 0.1) is 0 Å². The average molecular weight is 340 g/mol. The molecule has 4 rings (SSSR count). The Balaban J connectivity index is 1.39. The molecule has 0 radical (unpaired) electrons. The first-order valence-electron chi connectivity index (χ1n) is 9.11. The third kappa shape index (κ3) is 3.54. The topological polar surface area (TPSA) is 56.2 Å². The molecule has 1 saturated heterocycles. The molecule has 0 saturated carbocycles. The number of oxazole rings is 1. The monoisotopic (exact) mass is 340 g/mol. The lowest BCUT2D eigenvalue weighted by molar-refractivity contribution is 0.126. The van der Waals surface area contributed by atoms with Crippen LogP contribution in [0.2, 0.25) is 0 Å². The highest BCUT2D eigenvalue weighted by molar-refractivity contribution is 5.72. The van der Waals surface area contributed by atoms with Crippen LogP contribution >= 0.6 is 0 Å². The van der Waals surface area contributed by atoms with E-state index in [-0.39, 0.29) is 5.76 Å². The minimum atomic E-state index is -0.257. The lowest BCUT2D eigenvalue weighted by Crippen LogP contribution is -2.43. The first-order valence-corrected chi connectivity index (χ1v) is 9.11. The molecule has 0 unspecified atom stereocenters. The number of rotatable bonds is 6. The fourth-order valence-electron chi connectivity index (χ4n) is 3.84. The SMILES string of the molecule is O=c1oc2ccccc2n1CCCN1CCCC[C@@H]1Cn1cccn1. The number of benzene rings is 1. The Morgan fingerprint density at radius 1 is 1.16 bits per heavy atom. The van der Waals surface area contributed by atoms with Gasteiger partial charge >= 0.3 is 5.76 Å². The lowest BCUT2D eigenvalue weighted by Gasteiger charge is -2.35. The molecule has 6 nitrogen and oxygen atoms in total. The van der Waals surface area contributed by atoms with Crippen molar-refractivity contribution in [1.82, 2.24) is 19.2 Å². The fraction of sp³-hybridized carbons (Fsp3) is 0.474. The summed E-state index contributed by atoms with van der Waals surface area (Å²) in [5, 5.41) is 4.34. The summed E-state index contributed by atoms with van der Waals surface area (Å²) in [5.41, 5.74) is 1.56. The quantitative estimate of drug-likeness (QED) is 0.692. The summed E-state index contributed by atoms with van der Waals surface area (Å²) >= 11 is 0. The third-order valence-electron chi connectivity index (χ3n) is 5.11. The normalized spacial score (nSPS) is 18.8. The van der Waals surface area contributed by atoms with Crippen LogP contribution in [0.25, 0.3) is 11.1 Å². The predicted octanol–water partition coefficient (Wildman–Crippen LogP) is 2.74. The number of hydrogen-bond donors (Lipinski definition) is 0. The zero-order chi connectivity index (χ0) is 17.1. The Kier molecular flexibility index (Phi) is 4.70. The van der Waals surface area contributed by atoms with Crippen molar-refractivity contribution in [2.75, 3.05) is 13.1 Å². The van der Waals surface area contributed by atoms with Gasteiger partial charge < -0.3 is 4.42 Å². The number of hydrogen-bond acceptors (Lipinski definition) is 4. The summed E-state index contributed by atoms with van der Waals surface area (Å²) in [6.07, 6.45) is 8.57. The van der Waals surface area contributed by atoms with Crippen LogP contribution in [0.1, 0.15) is 25.7 Å². The number of nitrogens with zero attached hydrogens (tertiary/aromatic N) is 4. The van der Waals surface area contributed by atoms with Gasteiger partial charge in [0.25, 0.3) is 0 Å². The summed E-state index contributed by atoms with van der Waals surface area (Å²) in [4.78, 5) is 14.6. The zero-order valence-electron chi connectivity index (χ0n) is 14.4. The standard InChI is InChI=1S/C19H24N4O2/c24-19-23(17-8-1-2-9-18(17)25-19)14-6-12-21-11-4-3-7-16(21)15-22-13-5-10-20-22/h1-2,5,8-10,13,16H,3-4,6-7,11-12,14-15H2/t16-/m1/s1. The predicted molar refractivity (Wildman–Crippen MR) is 96.5 cm³/mol. The highest BCUT2D eigenvalue weighted by atomic mass is 16.4. The van der Waals surface area contributed by atoms with Crippen molar-refractivity contribution < 1.29 is 4.42 Å². The minimum Gasteiger partial charge on any atom is -0.408 e. The average Bonchev–Trinajstić information content (AvgIpc) is 3.24. The van der Waals surface area contributed by atoms with Gasteiger partial charge in [-0.1, -0.05) is 18.6 Å². The van der Waals surface area contributed by atoms with Crippen molar-refractivity contribution in [3.63, 3.8) is 0 Å². The molecule has 3 aromatic rings. The molecule has 0 bridgehead atoms. The van der Waals surface area contributed by atoms with Crippen molar-refractivity contribution in [2.24, 2.45) is 0 Å². The Labute approximate surface area is 146 Å². The van der Waals surface area contributed by atoms with Crippen molar-refractivity contribution in [3.05, 3.63) is 53.3 Å². The van der Waals surface area contributed by atoms with E-state index in [9.17, 15) is 4.79 Å². The number of aryl methyl sites for hydroxylation is 1. The summed E-state index contributed by atoms with van der Waals surface area (Å²) in [6, 6.07) is 10.1. The zero-order valence-corrected chi connectivity index (χ0v) is 14.4. The molecule has 3 heterocycles. The van der Waals surface area contributed by atoms with E-state index in [1.54, 1.807) is 4.57 Å². The van der Waals surface area contributed by atoms with E-state index in [0.29, 0.717) is 18.2 Å². The van der Waals surface area contributed by atoms with Crippen LogP contribution in [0.15, 0.2) is 51.9 Å². The molecule has 0 aliphatic carbocycles. The Hall–Kier alpha value is -2.34. The molecular formula is C19H24N4O2. The van der Waals surface area contributed by atoms with Crippen LogP contribution in [0.4, 0.5) is 0 Å². The van der Waals surface area contributed by atoms with E-state index in [1.807, 2.05) is 47.4 Å². The maximum absolute atomic E-state index is 12.1. The van der Waals surface area contributed by atoms with Crippen molar-refractivity contribution in [3.8, 4) is 0 Å². The first-order chi connectivity index (χ1) is 12.3. The molecule has 1 aliphatic heterocycles. The van der Waals surface area contributed by atoms with Gasteiger partial charge in [0.2, 0.25) is 0 Å². The Morgan fingerprint density at radius 3 is 2.96 bits per heavy atom. The van der Waals surface area contributed by atoms with Gasteiger partial charge in [-0.3, -0.25) is 14.1 Å². The summed E-state index contributed by atoms with van der Waals surface area (Å²) in [7, 11) is 0. The van der Waals surface area contributed by atoms with Gasteiger partial charge in [-0.25, -0.2) is 4.79 Å². The minimum absolute atomic E-state index is 0.257. The summed E-state index contributed by atoms with van der Waals surface area (Å²) in [6.45, 7) is 3.77. The molecule has 132 valence electrons. The van der Waals surface area contributed by atoms with Crippen molar-refractivity contribution >= 4 is 11.1 Å². The molecule has 0 amide bonds. The molecular weight excluding hydrogens is 316 g/mol. The lowest BCUT2D eigenvalue weighted by atomic mass is 10.0. The largest absolute Gasteiger partial charge is 0.419 e. The van der Waals surface area contributed by atoms with Crippen LogP contribution in [-0.2, 0) is 13.1 Å². The maximum atomic E-state index is 12.1. The van der Waals surface area contributed by atoms with Crippen LogP contribution < -0.4 is 5.76 Å². The number of aromatic nitrogens is 3. The molecule has 0 spiro atoms.